The zero-order valence-electron chi connectivity index (χ0n) is 13.9. The number of carboxylic acid groups (broad SMARTS) is 1. The van der Waals surface area contributed by atoms with E-state index in [1.165, 1.54) is 28.8 Å². The van der Waals surface area contributed by atoms with Gasteiger partial charge in [0.15, 0.2) is 4.32 Å². The van der Waals surface area contributed by atoms with Gasteiger partial charge in [-0.2, -0.15) is 0 Å². The van der Waals surface area contributed by atoms with Crippen LogP contribution in [0.1, 0.15) is 22.8 Å². The van der Waals surface area contributed by atoms with Crippen LogP contribution in [0.3, 0.4) is 0 Å². The maximum absolute atomic E-state index is 12.7. The Kier molecular flexibility index (Phi) is 5.35. The third-order valence-electron chi connectivity index (χ3n) is 3.72. The number of amides is 1. The van der Waals surface area contributed by atoms with Gasteiger partial charge in [-0.1, -0.05) is 60.4 Å². The molecule has 130 valence electrons. The second-order valence-corrected chi connectivity index (χ2v) is 7.34. The third-order valence-corrected chi connectivity index (χ3v) is 5.02. The Hall–Kier alpha value is -2.70. The summed E-state index contributed by atoms with van der Waals surface area (Å²) >= 11 is 6.57. The van der Waals surface area contributed by atoms with E-state index in [0.717, 1.165) is 11.1 Å². The number of thioether (sulfide) groups is 1. The molecular weight excluding hydrogens is 366 g/mol. The van der Waals surface area contributed by atoms with Crippen molar-refractivity contribution >= 4 is 51.9 Å². The number of carbonyl (C=O) groups is 2. The van der Waals surface area contributed by atoms with Crippen molar-refractivity contribution in [2.75, 3.05) is 4.90 Å². The zero-order valence-corrected chi connectivity index (χ0v) is 15.5. The highest BCUT2D eigenvalue weighted by Gasteiger charge is 2.33. The molecule has 1 aliphatic rings. The van der Waals surface area contributed by atoms with Crippen LogP contribution in [0.4, 0.5) is 5.69 Å². The van der Waals surface area contributed by atoms with Gasteiger partial charge in [0.1, 0.15) is 0 Å². The summed E-state index contributed by atoms with van der Waals surface area (Å²) in [6.45, 7) is 1.93. The van der Waals surface area contributed by atoms with Crippen LogP contribution in [0.25, 0.3) is 6.08 Å². The number of benzene rings is 2. The lowest BCUT2D eigenvalue weighted by Crippen LogP contribution is -2.27. The van der Waals surface area contributed by atoms with Crippen molar-refractivity contribution in [1.82, 2.24) is 0 Å². The second kappa shape index (κ2) is 7.68. The van der Waals surface area contributed by atoms with Gasteiger partial charge in [0.25, 0.3) is 5.91 Å². The SMILES string of the molecule is CC(=Cc1ccccc1)/C=C1/SC(=S)N(c2ccc(C(=O)O)cc2)C1=O. The highest BCUT2D eigenvalue weighted by atomic mass is 32.2. The minimum Gasteiger partial charge on any atom is -0.478 e. The number of carbonyl (C=O) groups excluding carboxylic acids is 1. The number of rotatable bonds is 4. The van der Waals surface area contributed by atoms with Gasteiger partial charge in [-0.3, -0.25) is 9.69 Å². The van der Waals surface area contributed by atoms with E-state index >= 15 is 0 Å². The largest absolute Gasteiger partial charge is 0.478 e. The molecule has 1 amide bonds. The van der Waals surface area contributed by atoms with Gasteiger partial charge in [-0.25, -0.2) is 4.79 Å². The summed E-state index contributed by atoms with van der Waals surface area (Å²) < 4.78 is 0.428. The predicted molar refractivity (Wildman–Crippen MR) is 109 cm³/mol. The number of hydrogen-bond acceptors (Lipinski definition) is 4. The molecule has 2 aromatic carbocycles. The van der Waals surface area contributed by atoms with Gasteiger partial charge in [0.2, 0.25) is 0 Å². The van der Waals surface area contributed by atoms with E-state index in [1.54, 1.807) is 12.1 Å². The molecule has 4 nitrogen and oxygen atoms in total. The average molecular weight is 381 g/mol. The Bertz CT molecular complexity index is 931. The number of nitrogens with zero attached hydrogens (tertiary/aromatic N) is 1. The van der Waals surface area contributed by atoms with Crippen LogP contribution in [0, 0.1) is 0 Å². The van der Waals surface area contributed by atoms with E-state index in [-0.39, 0.29) is 11.5 Å². The molecule has 0 unspecified atom stereocenters. The number of hydrogen-bond donors (Lipinski definition) is 1. The van der Waals surface area contributed by atoms with Crippen LogP contribution in [0.5, 0.6) is 0 Å². The molecule has 6 heteroatoms. The molecule has 0 atom stereocenters. The Morgan fingerprint density at radius 2 is 1.77 bits per heavy atom. The second-order valence-electron chi connectivity index (χ2n) is 5.67. The maximum Gasteiger partial charge on any atom is 0.335 e. The van der Waals surface area contributed by atoms with Gasteiger partial charge >= 0.3 is 5.97 Å². The summed E-state index contributed by atoms with van der Waals surface area (Å²) in [6.07, 6.45) is 3.81. The van der Waals surface area contributed by atoms with Crippen molar-refractivity contribution in [3.05, 3.63) is 82.3 Å². The lowest BCUT2D eigenvalue weighted by Gasteiger charge is -2.14. The van der Waals surface area contributed by atoms with Crippen molar-refractivity contribution in [2.24, 2.45) is 0 Å². The Labute approximate surface area is 160 Å². The fourth-order valence-corrected chi connectivity index (χ4v) is 3.85. The molecular formula is C20H15NO3S2. The standard InChI is InChI=1S/C20H15NO3S2/c1-13(11-14-5-3-2-4-6-14)12-17-18(22)21(20(25)26-17)16-9-7-15(8-10-16)19(23)24/h2-12H,1H3,(H,23,24)/b13-11?,17-12+. The molecule has 0 bridgehead atoms. The molecule has 1 heterocycles. The quantitative estimate of drug-likeness (QED) is 0.612. The fraction of sp³-hybridized carbons (Fsp3) is 0.0500. The predicted octanol–water partition coefficient (Wildman–Crippen LogP) is 4.74. The number of allylic oxidation sites excluding steroid dienone is 2. The van der Waals surface area contributed by atoms with Crippen LogP contribution in [0.15, 0.2) is 71.2 Å². The van der Waals surface area contributed by atoms with Crippen molar-refractivity contribution in [1.29, 1.82) is 0 Å². The minimum absolute atomic E-state index is 0.163. The minimum atomic E-state index is -1.01. The highest BCUT2D eigenvalue weighted by Crippen LogP contribution is 2.35. The van der Waals surface area contributed by atoms with E-state index in [2.05, 4.69) is 0 Å². The van der Waals surface area contributed by atoms with E-state index in [1.807, 2.05) is 49.4 Å². The third kappa shape index (κ3) is 3.92. The molecule has 1 fully saturated rings. The van der Waals surface area contributed by atoms with E-state index in [4.69, 9.17) is 17.3 Å². The lowest BCUT2D eigenvalue weighted by molar-refractivity contribution is -0.113. The zero-order chi connectivity index (χ0) is 18.7. The van der Waals surface area contributed by atoms with Crippen LogP contribution >= 0.6 is 24.0 Å². The Balaban J connectivity index is 1.84. The Morgan fingerprint density at radius 3 is 2.38 bits per heavy atom. The molecule has 0 aliphatic carbocycles. The number of aromatic carboxylic acids is 1. The molecule has 1 N–H and O–H groups in total. The summed E-state index contributed by atoms with van der Waals surface area (Å²) in [7, 11) is 0. The molecule has 1 aliphatic heterocycles. The number of anilines is 1. The molecule has 0 aromatic heterocycles. The molecule has 1 saturated heterocycles. The van der Waals surface area contributed by atoms with E-state index < -0.39 is 5.97 Å². The molecule has 0 saturated carbocycles. The van der Waals surface area contributed by atoms with Crippen molar-refractivity contribution in [3.63, 3.8) is 0 Å². The van der Waals surface area contributed by atoms with Gasteiger partial charge in [0, 0.05) is 0 Å². The lowest BCUT2D eigenvalue weighted by atomic mass is 10.1. The first-order valence-electron chi connectivity index (χ1n) is 7.80. The smallest absolute Gasteiger partial charge is 0.335 e. The van der Waals surface area contributed by atoms with Crippen molar-refractivity contribution < 1.29 is 14.7 Å². The molecule has 0 spiro atoms. The summed E-state index contributed by atoms with van der Waals surface area (Å²) in [6, 6.07) is 15.9. The van der Waals surface area contributed by atoms with Crippen molar-refractivity contribution in [2.45, 2.75) is 6.92 Å². The first-order valence-corrected chi connectivity index (χ1v) is 9.03. The Morgan fingerprint density at radius 1 is 1.12 bits per heavy atom. The van der Waals surface area contributed by atoms with Gasteiger partial charge in [0.05, 0.1) is 16.2 Å². The first-order chi connectivity index (χ1) is 12.5. The van der Waals surface area contributed by atoms with E-state index in [9.17, 15) is 9.59 Å². The van der Waals surface area contributed by atoms with Gasteiger partial charge in [-0.05, 0) is 48.4 Å². The number of carboxylic acids is 1. The van der Waals surface area contributed by atoms with Crippen LogP contribution < -0.4 is 4.90 Å². The van der Waals surface area contributed by atoms with Crippen LogP contribution in [-0.2, 0) is 4.79 Å². The number of thiocarbonyl (C=S) groups is 1. The van der Waals surface area contributed by atoms with E-state index in [0.29, 0.717) is 14.9 Å². The average Bonchev–Trinajstić information content (AvgIpc) is 2.89. The normalized spacial score (nSPS) is 16.4. The summed E-state index contributed by atoms with van der Waals surface area (Å²) in [5.74, 6) is -1.22. The summed E-state index contributed by atoms with van der Waals surface area (Å²) in [5, 5.41) is 8.98. The fourth-order valence-electron chi connectivity index (χ4n) is 2.50. The van der Waals surface area contributed by atoms with Crippen LogP contribution in [0.2, 0.25) is 0 Å². The topological polar surface area (TPSA) is 57.6 Å². The first kappa shape index (κ1) is 18.1. The van der Waals surface area contributed by atoms with Gasteiger partial charge < -0.3 is 5.11 Å². The molecule has 3 rings (SSSR count). The molecule has 26 heavy (non-hydrogen) atoms. The maximum atomic E-state index is 12.7. The van der Waals surface area contributed by atoms with Gasteiger partial charge in [-0.15, -0.1) is 0 Å². The summed E-state index contributed by atoms with van der Waals surface area (Å²) in [4.78, 5) is 25.7. The van der Waals surface area contributed by atoms with Crippen LogP contribution in [-0.4, -0.2) is 21.3 Å². The summed E-state index contributed by atoms with van der Waals surface area (Å²) in [5.41, 5.74) is 2.72. The monoisotopic (exact) mass is 381 g/mol. The molecule has 2 aromatic rings. The molecule has 0 radical (unpaired) electrons. The highest BCUT2D eigenvalue weighted by molar-refractivity contribution is 8.27. The van der Waals surface area contributed by atoms with Crippen molar-refractivity contribution in [3.8, 4) is 0 Å².